The number of aromatic nitrogens is 1. The van der Waals surface area contributed by atoms with Crippen LogP contribution in [0, 0.1) is 6.92 Å². The van der Waals surface area contributed by atoms with Crippen molar-refractivity contribution in [3.05, 3.63) is 17.5 Å². The molecule has 0 saturated carbocycles. The topological polar surface area (TPSA) is 43.1 Å². The van der Waals surface area contributed by atoms with Crippen molar-refractivity contribution in [2.24, 2.45) is 0 Å². The van der Waals surface area contributed by atoms with Crippen molar-refractivity contribution in [2.45, 2.75) is 6.92 Å². The predicted octanol–water partition coefficient (Wildman–Crippen LogP) is 1.05. The maximum Gasteiger partial charge on any atom is 0.254 e. The van der Waals surface area contributed by atoms with Gasteiger partial charge in [0, 0.05) is 6.07 Å². The Bertz CT molecular complexity index is 231. The van der Waals surface area contributed by atoms with Gasteiger partial charge in [0.15, 0.2) is 0 Å². The highest BCUT2D eigenvalue weighted by atomic mass is 32.1. The fourth-order valence-electron chi connectivity index (χ4n) is 0.464. The van der Waals surface area contributed by atoms with E-state index in [9.17, 15) is 4.79 Å². The molecule has 0 aromatic carbocycles. The third-order valence-electron chi connectivity index (χ3n) is 0.839. The van der Waals surface area contributed by atoms with E-state index >= 15 is 0 Å². The molecule has 0 bridgehead atoms. The zero-order valence-corrected chi connectivity index (χ0v) is 5.68. The van der Waals surface area contributed by atoms with Crippen LogP contribution in [-0.4, -0.2) is 10.3 Å². The quantitative estimate of drug-likeness (QED) is 0.597. The first-order valence-electron chi connectivity index (χ1n) is 2.37. The molecule has 9 heavy (non-hydrogen) atoms. The third-order valence-corrected chi connectivity index (χ3v) is 1.06. The fraction of sp³-hybridized carbons (Fsp3) is 0.200. The molecule has 1 aromatic heterocycles. The van der Waals surface area contributed by atoms with E-state index in [0.717, 1.165) is 0 Å². The molecule has 4 heteroatoms. The molecular formula is C5H5NO2S. The van der Waals surface area contributed by atoms with E-state index < -0.39 is 5.12 Å². The van der Waals surface area contributed by atoms with Gasteiger partial charge in [-0.2, -0.15) is 0 Å². The van der Waals surface area contributed by atoms with Crippen molar-refractivity contribution in [1.82, 2.24) is 5.16 Å². The molecule has 3 nitrogen and oxygen atoms in total. The summed E-state index contributed by atoms with van der Waals surface area (Å²) < 4.78 is 4.55. The zero-order chi connectivity index (χ0) is 6.85. The Kier molecular flexibility index (Phi) is 1.57. The van der Waals surface area contributed by atoms with Gasteiger partial charge >= 0.3 is 0 Å². The molecule has 0 aliphatic carbocycles. The van der Waals surface area contributed by atoms with Crippen molar-refractivity contribution in [2.75, 3.05) is 0 Å². The fourth-order valence-corrected chi connectivity index (χ4v) is 0.570. The number of carbonyl (C=O) groups is 1. The van der Waals surface area contributed by atoms with E-state index in [4.69, 9.17) is 0 Å². The first kappa shape index (κ1) is 6.35. The first-order chi connectivity index (χ1) is 4.20. The van der Waals surface area contributed by atoms with Gasteiger partial charge in [0.05, 0.1) is 5.69 Å². The molecule has 1 rings (SSSR count). The van der Waals surface area contributed by atoms with E-state index in [1.54, 1.807) is 6.92 Å². The van der Waals surface area contributed by atoms with Crippen LogP contribution in [0.3, 0.4) is 0 Å². The molecule has 0 atom stereocenters. The Morgan fingerprint density at radius 2 is 2.56 bits per heavy atom. The lowest BCUT2D eigenvalue weighted by molar-refractivity contribution is 0.105. The Labute approximate surface area is 57.4 Å². The van der Waals surface area contributed by atoms with Crippen LogP contribution in [0.1, 0.15) is 16.2 Å². The summed E-state index contributed by atoms with van der Waals surface area (Å²) in [6, 6.07) is 1.54. The van der Waals surface area contributed by atoms with E-state index in [1.807, 2.05) is 0 Å². The first-order valence-corrected chi connectivity index (χ1v) is 2.81. The number of rotatable bonds is 1. The average molecular weight is 143 g/mol. The number of hydrogen-bond donors (Lipinski definition) is 1. The molecule has 0 spiro atoms. The second-order valence-electron chi connectivity index (χ2n) is 1.64. The standard InChI is InChI=1S/C5H5NO2S/c1-3-2-4(5(7)9)8-6-3/h2H,1H3,(H,7,9). The van der Waals surface area contributed by atoms with E-state index in [0.29, 0.717) is 5.69 Å². The monoisotopic (exact) mass is 143 g/mol. The third kappa shape index (κ3) is 1.32. The van der Waals surface area contributed by atoms with Crippen molar-refractivity contribution in [3.63, 3.8) is 0 Å². The Hall–Kier alpha value is -0.770. The summed E-state index contributed by atoms with van der Waals surface area (Å²) in [5.41, 5.74) is 0.687. The van der Waals surface area contributed by atoms with Crippen LogP contribution < -0.4 is 0 Å². The van der Waals surface area contributed by atoms with Gasteiger partial charge in [-0.15, -0.1) is 0 Å². The summed E-state index contributed by atoms with van der Waals surface area (Å²) in [5, 5.41) is 3.10. The predicted molar refractivity (Wildman–Crippen MR) is 34.6 cm³/mol. The van der Waals surface area contributed by atoms with Crippen LogP contribution in [-0.2, 0) is 0 Å². The van der Waals surface area contributed by atoms with Crippen molar-refractivity contribution < 1.29 is 9.32 Å². The summed E-state index contributed by atoms with van der Waals surface area (Å²) in [6.07, 6.45) is 0. The molecule has 0 aliphatic heterocycles. The summed E-state index contributed by atoms with van der Waals surface area (Å²) in [6.45, 7) is 1.74. The minimum Gasteiger partial charge on any atom is -0.352 e. The molecule has 0 unspecified atom stereocenters. The summed E-state index contributed by atoms with van der Waals surface area (Å²) in [7, 11) is 0. The summed E-state index contributed by atoms with van der Waals surface area (Å²) in [4.78, 5) is 10.4. The molecule has 1 heterocycles. The molecule has 0 amide bonds. The van der Waals surface area contributed by atoms with Crippen molar-refractivity contribution in [1.29, 1.82) is 0 Å². The minimum absolute atomic E-state index is 0.191. The molecular weight excluding hydrogens is 138 g/mol. The number of nitrogens with zero attached hydrogens (tertiary/aromatic N) is 1. The van der Waals surface area contributed by atoms with Gasteiger partial charge in [0.1, 0.15) is 0 Å². The normalized spacial score (nSPS) is 9.56. The molecule has 0 radical (unpaired) electrons. The van der Waals surface area contributed by atoms with Gasteiger partial charge in [-0.3, -0.25) is 4.79 Å². The Balaban J connectivity index is 2.98. The van der Waals surface area contributed by atoms with Gasteiger partial charge in [-0.1, -0.05) is 17.8 Å². The molecule has 48 valence electrons. The van der Waals surface area contributed by atoms with Crippen LogP contribution in [0.2, 0.25) is 0 Å². The minimum atomic E-state index is -0.393. The van der Waals surface area contributed by atoms with Gasteiger partial charge in [0.25, 0.3) is 5.12 Å². The second kappa shape index (κ2) is 2.23. The zero-order valence-electron chi connectivity index (χ0n) is 4.79. The second-order valence-corrected chi connectivity index (χ2v) is 2.04. The van der Waals surface area contributed by atoms with E-state index in [-0.39, 0.29) is 5.76 Å². The van der Waals surface area contributed by atoms with Crippen LogP contribution in [0.15, 0.2) is 10.6 Å². The lowest BCUT2D eigenvalue weighted by atomic mass is 10.4. The molecule has 0 N–H and O–H groups in total. The van der Waals surface area contributed by atoms with Gasteiger partial charge in [-0.25, -0.2) is 0 Å². The molecule has 0 aliphatic rings. The smallest absolute Gasteiger partial charge is 0.254 e. The van der Waals surface area contributed by atoms with Crippen LogP contribution in [0.5, 0.6) is 0 Å². The number of aryl methyl sites for hydroxylation is 1. The maximum absolute atomic E-state index is 10.4. The lowest BCUT2D eigenvalue weighted by Gasteiger charge is -1.76. The largest absolute Gasteiger partial charge is 0.352 e. The van der Waals surface area contributed by atoms with Crippen molar-refractivity contribution >= 4 is 17.7 Å². The Morgan fingerprint density at radius 1 is 1.89 bits per heavy atom. The number of thiol groups is 1. The van der Waals surface area contributed by atoms with Gasteiger partial charge in [-0.05, 0) is 6.92 Å². The van der Waals surface area contributed by atoms with Gasteiger partial charge < -0.3 is 4.52 Å². The van der Waals surface area contributed by atoms with Crippen LogP contribution >= 0.6 is 12.6 Å². The molecule has 0 fully saturated rings. The molecule has 0 saturated heterocycles. The van der Waals surface area contributed by atoms with E-state index in [1.165, 1.54) is 6.07 Å². The van der Waals surface area contributed by atoms with Crippen LogP contribution in [0.4, 0.5) is 0 Å². The lowest BCUT2D eigenvalue weighted by Crippen LogP contribution is -1.81. The summed E-state index contributed by atoms with van der Waals surface area (Å²) >= 11 is 3.53. The highest BCUT2D eigenvalue weighted by Gasteiger charge is 2.04. The number of carbonyl (C=O) groups excluding carboxylic acids is 1. The number of hydrogen-bond acceptors (Lipinski definition) is 3. The highest BCUT2D eigenvalue weighted by Crippen LogP contribution is 2.04. The van der Waals surface area contributed by atoms with Crippen molar-refractivity contribution in [3.8, 4) is 0 Å². The Morgan fingerprint density at radius 3 is 2.78 bits per heavy atom. The highest BCUT2D eigenvalue weighted by molar-refractivity contribution is 7.97. The SMILES string of the molecule is Cc1cc(C(=O)S)on1. The van der Waals surface area contributed by atoms with Gasteiger partial charge in [0.2, 0.25) is 5.76 Å². The van der Waals surface area contributed by atoms with E-state index in [2.05, 4.69) is 22.3 Å². The molecule has 1 aromatic rings. The maximum atomic E-state index is 10.4. The average Bonchev–Trinajstić information content (AvgIpc) is 2.14. The van der Waals surface area contributed by atoms with Crippen LogP contribution in [0.25, 0.3) is 0 Å². The summed E-state index contributed by atoms with van der Waals surface area (Å²) in [5.74, 6) is 0.191.